The normalized spacial score (nSPS) is 17.4. The first-order valence-electron chi connectivity index (χ1n) is 7.33. The fourth-order valence-corrected chi connectivity index (χ4v) is 3.84. The molecule has 0 radical (unpaired) electrons. The van der Waals surface area contributed by atoms with E-state index in [9.17, 15) is 21.6 Å². The molecule has 1 aliphatic carbocycles. The van der Waals surface area contributed by atoms with Gasteiger partial charge in [0.15, 0.2) is 17.5 Å². The van der Waals surface area contributed by atoms with Crippen molar-refractivity contribution in [2.75, 3.05) is 5.32 Å². The molecule has 0 saturated heterocycles. The number of sulfonamides is 1. The average molecular weight is 356 g/mol. The second-order valence-corrected chi connectivity index (χ2v) is 7.19. The molecule has 0 saturated carbocycles. The van der Waals surface area contributed by atoms with E-state index in [0.29, 0.717) is 12.5 Å². The van der Waals surface area contributed by atoms with Crippen molar-refractivity contribution in [1.29, 1.82) is 0 Å². The van der Waals surface area contributed by atoms with Crippen molar-refractivity contribution in [2.45, 2.75) is 30.2 Å². The number of benzene rings is 2. The van der Waals surface area contributed by atoms with Crippen LogP contribution in [0.2, 0.25) is 0 Å². The second-order valence-electron chi connectivity index (χ2n) is 5.69. The Bertz CT molecular complexity index is 900. The van der Waals surface area contributed by atoms with Crippen LogP contribution in [0.25, 0.3) is 0 Å². The molecular weight excluding hydrogens is 341 g/mol. The van der Waals surface area contributed by atoms with Gasteiger partial charge in [-0.3, -0.25) is 0 Å². The minimum atomic E-state index is -4.65. The summed E-state index contributed by atoms with van der Waals surface area (Å²) < 4.78 is 64.8. The quantitative estimate of drug-likeness (QED) is 0.830. The van der Waals surface area contributed by atoms with E-state index in [4.69, 9.17) is 5.14 Å². The third kappa shape index (κ3) is 2.99. The minimum Gasteiger partial charge on any atom is -0.375 e. The van der Waals surface area contributed by atoms with Gasteiger partial charge in [0.25, 0.3) is 0 Å². The molecule has 0 unspecified atom stereocenters. The molecule has 8 heteroatoms. The number of fused-ring (bicyclic) bond motifs is 1. The summed E-state index contributed by atoms with van der Waals surface area (Å²) in [4.78, 5) is -1.19. The molecule has 3 N–H and O–H groups in total. The van der Waals surface area contributed by atoms with E-state index in [0.717, 1.165) is 24.0 Å². The average Bonchev–Trinajstić information content (AvgIpc) is 2.51. The van der Waals surface area contributed by atoms with Gasteiger partial charge >= 0.3 is 0 Å². The third-order valence-corrected chi connectivity index (χ3v) is 5.05. The number of primary sulfonamides is 1. The molecule has 24 heavy (non-hydrogen) atoms. The lowest BCUT2D eigenvalue weighted by atomic mass is 9.87. The Morgan fingerprint density at radius 1 is 1.12 bits per heavy atom. The summed E-state index contributed by atoms with van der Waals surface area (Å²) in [5, 5.41) is 7.66. The molecule has 3 rings (SSSR count). The van der Waals surface area contributed by atoms with Gasteiger partial charge in [-0.2, -0.15) is 0 Å². The van der Waals surface area contributed by atoms with Crippen molar-refractivity contribution in [3.05, 3.63) is 58.9 Å². The standard InChI is InChI=1S/C16H15F3N2O2S/c17-11-8-12(18)15(16(14(11)19)24(20,22)23)21-13-7-3-5-9-4-1-2-6-10(9)13/h1-2,4,6,8,13,21H,3,5,7H2,(H2,20,22,23)/t13-/m0/s1. The Labute approximate surface area is 137 Å². The highest BCUT2D eigenvalue weighted by atomic mass is 32.2. The minimum absolute atomic E-state index is 0.307. The van der Waals surface area contributed by atoms with Crippen molar-refractivity contribution in [2.24, 2.45) is 5.14 Å². The topological polar surface area (TPSA) is 72.2 Å². The van der Waals surface area contributed by atoms with Crippen molar-refractivity contribution in [3.8, 4) is 0 Å². The highest BCUT2D eigenvalue weighted by molar-refractivity contribution is 7.89. The first-order chi connectivity index (χ1) is 11.3. The van der Waals surface area contributed by atoms with Crippen LogP contribution in [0.3, 0.4) is 0 Å². The molecule has 0 heterocycles. The van der Waals surface area contributed by atoms with Gasteiger partial charge in [-0.25, -0.2) is 26.7 Å². The van der Waals surface area contributed by atoms with Crippen LogP contribution < -0.4 is 10.5 Å². The molecule has 0 aromatic heterocycles. The lowest BCUT2D eigenvalue weighted by molar-refractivity contribution is 0.471. The van der Waals surface area contributed by atoms with E-state index in [1.54, 1.807) is 6.07 Å². The maximum atomic E-state index is 14.2. The summed E-state index contributed by atoms with van der Waals surface area (Å²) in [6, 6.07) is 7.32. The molecule has 0 bridgehead atoms. The Morgan fingerprint density at radius 3 is 2.54 bits per heavy atom. The zero-order chi connectivity index (χ0) is 17.5. The van der Waals surface area contributed by atoms with Crippen molar-refractivity contribution < 1.29 is 21.6 Å². The predicted molar refractivity (Wildman–Crippen MR) is 83.4 cm³/mol. The molecule has 1 atom stereocenters. The molecule has 0 spiro atoms. The summed E-state index contributed by atoms with van der Waals surface area (Å²) in [5.41, 5.74) is 1.27. The van der Waals surface area contributed by atoms with E-state index in [2.05, 4.69) is 5.32 Å². The highest BCUT2D eigenvalue weighted by Gasteiger charge is 2.29. The maximum Gasteiger partial charge on any atom is 0.243 e. The largest absolute Gasteiger partial charge is 0.375 e. The van der Waals surface area contributed by atoms with Gasteiger partial charge in [-0.05, 0) is 30.4 Å². The van der Waals surface area contributed by atoms with Crippen molar-refractivity contribution in [1.82, 2.24) is 0 Å². The lowest BCUT2D eigenvalue weighted by Gasteiger charge is -2.28. The van der Waals surface area contributed by atoms with Crippen LogP contribution in [-0.4, -0.2) is 8.42 Å². The number of rotatable bonds is 3. The molecular formula is C16H15F3N2O2S. The summed E-state index contributed by atoms with van der Waals surface area (Å²) >= 11 is 0. The van der Waals surface area contributed by atoms with Gasteiger partial charge in [-0.1, -0.05) is 24.3 Å². The van der Waals surface area contributed by atoms with Crippen LogP contribution in [0.4, 0.5) is 18.9 Å². The molecule has 4 nitrogen and oxygen atoms in total. The smallest absolute Gasteiger partial charge is 0.243 e. The fraction of sp³-hybridized carbons (Fsp3) is 0.250. The molecule has 2 aromatic rings. The molecule has 1 aliphatic rings. The van der Waals surface area contributed by atoms with E-state index < -0.39 is 44.1 Å². The molecule has 0 amide bonds. The molecule has 2 aromatic carbocycles. The van der Waals surface area contributed by atoms with Gasteiger partial charge in [0.05, 0.1) is 11.7 Å². The van der Waals surface area contributed by atoms with E-state index in [1.165, 1.54) is 0 Å². The maximum absolute atomic E-state index is 14.2. The number of aryl methyl sites for hydroxylation is 1. The monoisotopic (exact) mass is 356 g/mol. The van der Waals surface area contributed by atoms with E-state index >= 15 is 0 Å². The van der Waals surface area contributed by atoms with Crippen LogP contribution >= 0.6 is 0 Å². The Balaban J connectivity index is 2.11. The Hall–Kier alpha value is -2.06. The Morgan fingerprint density at radius 2 is 1.83 bits per heavy atom. The summed E-state index contributed by atoms with van der Waals surface area (Å²) in [5.74, 6) is -4.50. The van der Waals surface area contributed by atoms with Crippen LogP contribution in [0, 0.1) is 17.5 Å². The van der Waals surface area contributed by atoms with E-state index in [1.807, 2.05) is 18.2 Å². The predicted octanol–water partition coefficient (Wildman–Crippen LogP) is 3.24. The van der Waals surface area contributed by atoms with Crippen LogP contribution in [0.1, 0.15) is 30.0 Å². The summed E-state index contributed by atoms with van der Waals surface area (Å²) in [6.07, 6.45) is 2.24. The molecule has 0 aliphatic heterocycles. The number of nitrogens with two attached hydrogens (primary N) is 1. The highest BCUT2D eigenvalue weighted by Crippen LogP contribution is 2.36. The Kier molecular flexibility index (Phi) is 4.27. The molecule has 128 valence electrons. The first kappa shape index (κ1) is 16.8. The molecule has 0 fully saturated rings. The zero-order valence-electron chi connectivity index (χ0n) is 12.5. The summed E-state index contributed by atoms with van der Waals surface area (Å²) in [6.45, 7) is 0. The second kappa shape index (κ2) is 6.10. The van der Waals surface area contributed by atoms with Crippen LogP contribution in [-0.2, 0) is 16.4 Å². The van der Waals surface area contributed by atoms with Gasteiger partial charge in [-0.15, -0.1) is 0 Å². The summed E-state index contributed by atoms with van der Waals surface area (Å²) in [7, 11) is -4.65. The number of anilines is 1. The fourth-order valence-electron chi connectivity index (χ4n) is 3.05. The zero-order valence-corrected chi connectivity index (χ0v) is 13.3. The van der Waals surface area contributed by atoms with Gasteiger partial charge in [0, 0.05) is 6.07 Å². The van der Waals surface area contributed by atoms with Gasteiger partial charge in [0.2, 0.25) is 10.0 Å². The van der Waals surface area contributed by atoms with Crippen molar-refractivity contribution in [3.63, 3.8) is 0 Å². The van der Waals surface area contributed by atoms with Gasteiger partial charge < -0.3 is 5.32 Å². The lowest BCUT2D eigenvalue weighted by Crippen LogP contribution is -2.23. The van der Waals surface area contributed by atoms with Crippen LogP contribution in [0.5, 0.6) is 0 Å². The SMILES string of the molecule is NS(=O)(=O)c1c(F)c(F)cc(F)c1N[C@H]1CCCc2ccccc21. The van der Waals surface area contributed by atoms with Gasteiger partial charge in [0.1, 0.15) is 4.90 Å². The van der Waals surface area contributed by atoms with Crippen LogP contribution in [0.15, 0.2) is 35.2 Å². The number of halogens is 3. The van der Waals surface area contributed by atoms with Crippen molar-refractivity contribution >= 4 is 15.7 Å². The first-order valence-corrected chi connectivity index (χ1v) is 8.88. The number of hydrogen-bond donors (Lipinski definition) is 2. The number of hydrogen-bond acceptors (Lipinski definition) is 3. The third-order valence-electron chi connectivity index (χ3n) is 4.10. The van der Waals surface area contributed by atoms with E-state index in [-0.39, 0.29) is 0 Å². The number of nitrogens with one attached hydrogen (secondary N) is 1.